The third-order valence-electron chi connectivity index (χ3n) is 5.33. The Morgan fingerprint density at radius 1 is 0.914 bits per heavy atom. The Labute approximate surface area is 204 Å². The maximum absolute atomic E-state index is 13.5. The lowest BCUT2D eigenvalue weighted by atomic mass is 10.1. The highest BCUT2D eigenvalue weighted by atomic mass is 32.2. The topological polar surface area (TPSA) is 94.2 Å². The van der Waals surface area contributed by atoms with Crippen molar-refractivity contribution in [1.82, 2.24) is 5.32 Å². The van der Waals surface area contributed by atoms with Crippen molar-refractivity contribution in [1.29, 1.82) is 0 Å². The summed E-state index contributed by atoms with van der Waals surface area (Å²) in [6, 6.07) is 15.4. The summed E-state index contributed by atoms with van der Waals surface area (Å²) in [7, 11) is 0.355. The standard InChI is InChI=1S/C25H27FN2O6S/c1-17(18-5-14-23(33-3)24(15-18)34-4)27-25(29)16-28(20-8-6-19(26)7-9-20)35(30,31)22-12-10-21(32-2)11-13-22/h5-15,17H,16H2,1-4H3,(H,27,29). The van der Waals surface area contributed by atoms with E-state index >= 15 is 0 Å². The SMILES string of the molecule is COc1ccc(S(=O)(=O)N(CC(=O)NC(C)c2ccc(OC)c(OC)c2)c2ccc(F)cc2)cc1. The number of ether oxygens (including phenoxy) is 3. The van der Waals surface area contributed by atoms with Crippen molar-refractivity contribution in [3.05, 3.63) is 78.1 Å². The summed E-state index contributed by atoms with van der Waals surface area (Å²) < 4.78 is 57.0. The van der Waals surface area contributed by atoms with Crippen LogP contribution in [0.5, 0.6) is 17.2 Å². The minimum absolute atomic E-state index is 0.0386. The van der Waals surface area contributed by atoms with Crippen LogP contribution in [0.25, 0.3) is 0 Å². The van der Waals surface area contributed by atoms with Crippen molar-refractivity contribution in [2.24, 2.45) is 0 Å². The number of sulfonamides is 1. The average molecular weight is 503 g/mol. The largest absolute Gasteiger partial charge is 0.497 e. The van der Waals surface area contributed by atoms with E-state index in [2.05, 4.69) is 5.32 Å². The highest BCUT2D eigenvalue weighted by molar-refractivity contribution is 7.92. The zero-order valence-electron chi connectivity index (χ0n) is 19.8. The molecular formula is C25H27FN2O6S. The quantitative estimate of drug-likeness (QED) is 0.452. The number of amides is 1. The van der Waals surface area contributed by atoms with Crippen molar-refractivity contribution >= 4 is 21.6 Å². The van der Waals surface area contributed by atoms with Gasteiger partial charge in [-0.05, 0) is 73.2 Å². The van der Waals surface area contributed by atoms with Crippen LogP contribution in [0.15, 0.2) is 71.6 Å². The van der Waals surface area contributed by atoms with Crippen molar-refractivity contribution in [2.45, 2.75) is 17.9 Å². The molecule has 0 spiro atoms. The summed E-state index contributed by atoms with van der Waals surface area (Å²) in [4.78, 5) is 12.9. The number of halogens is 1. The molecule has 0 aromatic heterocycles. The first-order valence-corrected chi connectivity index (χ1v) is 12.1. The summed E-state index contributed by atoms with van der Waals surface area (Å²) in [5.41, 5.74) is 0.887. The third-order valence-corrected chi connectivity index (χ3v) is 7.12. The Morgan fingerprint density at radius 3 is 2.11 bits per heavy atom. The number of hydrogen-bond donors (Lipinski definition) is 1. The molecule has 0 saturated carbocycles. The van der Waals surface area contributed by atoms with Crippen LogP contribution in [0.2, 0.25) is 0 Å². The minimum Gasteiger partial charge on any atom is -0.497 e. The fourth-order valence-electron chi connectivity index (χ4n) is 3.42. The van der Waals surface area contributed by atoms with Gasteiger partial charge in [-0.2, -0.15) is 0 Å². The zero-order valence-corrected chi connectivity index (χ0v) is 20.6. The first-order chi connectivity index (χ1) is 16.7. The van der Waals surface area contributed by atoms with Crippen LogP contribution < -0.4 is 23.8 Å². The maximum atomic E-state index is 13.5. The molecule has 3 aromatic carbocycles. The minimum atomic E-state index is -4.15. The molecule has 35 heavy (non-hydrogen) atoms. The van der Waals surface area contributed by atoms with Gasteiger partial charge in [-0.15, -0.1) is 0 Å². The zero-order chi connectivity index (χ0) is 25.6. The van der Waals surface area contributed by atoms with E-state index in [1.54, 1.807) is 25.1 Å². The second kappa shape index (κ2) is 11.1. The molecule has 0 bridgehead atoms. The highest BCUT2D eigenvalue weighted by Crippen LogP contribution is 2.30. The van der Waals surface area contributed by atoms with Gasteiger partial charge in [-0.25, -0.2) is 12.8 Å². The molecule has 0 heterocycles. The Morgan fingerprint density at radius 2 is 1.54 bits per heavy atom. The molecule has 1 N–H and O–H groups in total. The number of anilines is 1. The summed E-state index contributed by atoms with van der Waals surface area (Å²) in [6.07, 6.45) is 0. The molecule has 3 rings (SSSR count). The van der Waals surface area contributed by atoms with Crippen molar-refractivity contribution < 1.29 is 31.8 Å². The molecule has 8 nitrogen and oxygen atoms in total. The van der Waals surface area contributed by atoms with Crippen LogP contribution in [0.4, 0.5) is 10.1 Å². The third kappa shape index (κ3) is 6.02. The van der Waals surface area contributed by atoms with E-state index in [0.29, 0.717) is 17.2 Å². The Balaban J connectivity index is 1.87. The lowest BCUT2D eigenvalue weighted by Gasteiger charge is -2.25. The van der Waals surface area contributed by atoms with E-state index in [0.717, 1.165) is 22.0 Å². The lowest BCUT2D eigenvalue weighted by molar-refractivity contribution is -0.120. The van der Waals surface area contributed by atoms with Gasteiger partial charge in [0, 0.05) is 0 Å². The number of carbonyl (C=O) groups excluding carboxylic acids is 1. The predicted molar refractivity (Wildman–Crippen MR) is 130 cm³/mol. The highest BCUT2D eigenvalue weighted by Gasteiger charge is 2.28. The average Bonchev–Trinajstić information content (AvgIpc) is 2.87. The molecule has 0 radical (unpaired) electrons. The van der Waals surface area contributed by atoms with Gasteiger partial charge >= 0.3 is 0 Å². The molecule has 1 amide bonds. The molecule has 186 valence electrons. The van der Waals surface area contributed by atoms with Gasteiger partial charge in [0.2, 0.25) is 5.91 Å². The van der Waals surface area contributed by atoms with Crippen LogP contribution in [-0.2, 0) is 14.8 Å². The van der Waals surface area contributed by atoms with Gasteiger partial charge in [0.1, 0.15) is 18.1 Å². The molecule has 3 aromatic rings. The van der Waals surface area contributed by atoms with Crippen LogP contribution in [0.1, 0.15) is 18.5 Å². The van der Waals surface area contributed by atoms with Gasteiger partial charge < -0.3 is 19.5 Å². The van der Waals surface area contributed by atoms with Gasteiger partial charge in [0.15, 0.2) is 11.5 Å². The van der Waals surface area contributed by atoms with E-state index in [4.69, 9.17) is 14.2 Å². The van der Waals surface area contributed by atoms with Gasteiger partial charge in [0.25, 0.3) is 10.0 Å². The molecule has 0 aliphatic heterocycles. The lowest BCUT2D eigenvalue weighted by Crippen LogP contribution is -2.41. The fourth-order valence-corrected chi connectivity index (χ4v) is 4.84. The van der Waals surface area contributed by atoms with E-state index in [1.165, 1.54) is 57.7 Å². The molecule has 0 aliphatic carbocycles. The summed E-state index contributed by atoms with van der Waals surface area (Å²) >= 11 is 0. The number of hydrogen-bond acceptors (Lipinski definition) is 6. The Hall–Kier alpha value is -3.79. The van der Waals surface area contributed by atoms with Crippen molar-refractivity contribution in [3.63, 3.8) is 0 Å². The molecule has 1 unspecified atom stereocenters. The van der Waals surface area contributed by atoms with Crippen molar-refractivity contribution in [2.75, 3.05) is 32.2 Å². The second-order valence-electron chi connectivity index (χ2n) is 7.57. The Bertz CT molecular complexity index is 1260. The smallest absolute Gasteiger partial charge is 0.264 e. The predicted octanol–water partition coefficient (Wildman–Crippen LogP) is 3.92. The Kier molecular flexibility index (Phi) is 8.18. The van der Waals surface area contributed by atoms with Crippen LogP contribution in [0.3, 0.4) is 0 Å². The molecule has 10 heteroatoms. The summed E-state index contributed by atoms with van der Waals surface area (Å²) in [5, 5.41) is 2.80. The number of methoxy groups -OCH3 is 3. The van der Waals surface area contributed by atoms with Crippen LogP contribution in [0, 0.1) is 5.82 Å². The van der Waals surface area contributed by atoms with E-state index < -0.39 is 34.3 Å². The molecule has 0 saturated heterocycles. The summed E-state index contributed by atoms with van der Waals surface area (Å²) in [5.74, 6) is 0.457. The monoisotopic (exact) mass is 502 g/mol. The van der Waals surface area contributed by atoms with Crippen LogP contribution >= 0.6 is 0 Å². The molecule has 1 atom stereocenters. The molecular weight excluding hydrogens is 475 g/mol. The number of rotatable bonds is 10. The van der Waals surface area contributed by atoms with Gasteiger partial charge in [0.05, 0.1) is 38.0 Å². The van der Waals surface area contributed by atoms with Gasteiger partial charge in [-0.1, -0.05) is 6.07 Å². The fraction of sp³-hybridized carbons (Fsp3) is 0.240. The summed E-state index contributed by atoms with van der Waals surface area (Å²) in [6.45, 7) is 1.25. The molecule has 0 aliphatic rings. The molecule has 0 fully saturated rings. The number of benzene rings is 3. The van der Waals surface area contributed by atoms with E-state index in [1.807, 2.05) is 0 Å². The normalized spacial score (nSPS) is 11.9. The van der Waals surface area contributed by atoms with Gasteiger partial charge in [-0.3, -0.25) is 9.10 Å². The van der Waals surface area contributed by atoms with E-state index in [9.17, 15) is 17.6 Å². The number of nitrogens with one attached hydrogen (secondary N) is 1. The van der Waals surface area contributed by atoms with E-state index in [-0.39, 0.29) is 10.6 Å². The number of nitrogens with zero attached hydrogens (tertiary/aromatic N) is 1. The first kappa shape index (κ1) is 25.8. The second-order valence-corrected chi connectivity index (χ2v) is 9.43. The first-order valence-electron chi connectivity index (χ1n) is 10.6. The maximum Gasteiger partial charge on any atom is 0.264 e. The van der Waals surface area contributed by atoms with Crippen LogP contribution in [-0.4, -0.2) is 42.2 Å². The van der Waals surface area contributed by atoms with Crippen molar-refractivity contribution in [3.8, 4) is 17.2 Å². The number of carbonyl (C=O) groups is 1.